The van der Waals surface area contributed by atoms with Crippen molar-refractivity contribution in [3.8, 4) is 0 Å². The van der Waals surface area contributed by atoms with E-state index in [-0.39, 0.29) is 24.3 Å². The van der Waals surface area contributed by atoms with E-state index in [4.69, 9.17) is 0 Å². The van der Waals surface area contributed by atoms with E-state index in [0.717, 1.165) is 0 Å². The lowest BCUT2D eigenvalue weighted by Crippen LogP contribution is -2.48. The summed E-state index contributed by atoms with van der Waals surface area (Å²) in [6.45, 7) is 4.26. The van der Waals surface area contributed by atoms with Gasteiger partial charge in [-0.1, -0.05) is 13.8 Å². The first-order valence-corrected chi connectivity index (χ1v) is 6.62. The van der Waals surface area contributed by atoms with Crippen LogP contribution in [0.25, 0.3) is 0 Å². The largest absolute Gasteiger partial charge is 0.480 e. The first kappa shape index (κ1) is 16.3. The quantitative estimate of drug-likeness (QED) is 0.819. The van der Waals surface area contributed by atoms with E-state index in [1.807, 2.05) is 0 Å². The molecule has 114 valence electrons. The Balaban J connectivity index is 2.71. The molecule has 0 aliphatic carbocycles. The Morgan fingerprint density at radius 1 is 1.35 bits per heavy atom. The third-order valence-corrected chi connectivity index (χ3v) is 3.62. The third kappa shape index (κ3) is 3.40. The maximum absolute atomic E-state index is 12.3. The number of hydrogen-bond donors (Lipinski definition) is 1. The topological polar surface area (TPSA) is 87.2 Å². The molecule has 0 aromatic carbocycles. The van der Waals surface area contributed by atoms with Gasteiger partial charge in [0.25, 0.3) is 0 Å². The Kier molecular flexibility index (Phi) is 5.35. The van der Waals surface area contributed by atoms with Crippen molar-refractivity contribution >= 4 is 18.0 Å². The van der Waals surface area contributed by atoms with Gasteiger partial charge in [0.2, 0.25) is 5.91 Å². The first-order valence-electron chi connectivity index (χ1n) is 6.62. The number of methoxy groups -OCH3 is 1. The highest BCUT2D eigenvalue weighted by Gasteiger charge is 2.37. The molecule has 1 rings (SSSR count). The average Bonchev–Trinajstić information content (AvgIpc) is 2.85. The molecular weight excluding hydrogens is 264 g/mol. The summed E-state index contributed by atoms with van der Waals surface area (Å²) in [5.41, 5.74) is 0. The summed E-state index contributed by atoms with van der Waals surface area (Å²) in [7, 11) is 2.80. The summed E-state index contributed by atoms with van der Waals surface area (Å²) in [5.74, 6) is -1.80. The van der Waals surface area contributed by atoms with Crippen molar-refractivity contribution in [2.75, 3.05) is 27.2 Å². The molecule has 1 aliphatic heterocycles. The molecule has 0 spiro atoms. The van der Waals surface area contributed by atoms with E-state index in [1.54, 1.807) is 13.8 Å². The van der Waals surface area contributed by atoms with E-state index in [0.29, 0.717) is 13.0 Å². The fourth-order valence-electron chi connectivity index (χ4n) is 2.58. The van der Waals surface area contributed by atoms with Crippen LogP contribution in [-0.2, 0) is 14.3 Å². The van der Waals surface area contributed by atoms with Crippen LogP contribution in [0.5, 0.6) is 0 Å². The summed E-state index contributed by atoms with van der Waals surface area (Å²) < 4.78 is 4.61. The second-order valence-electron chi connectivity index (χ2n) is 5.38. The predicted molar refractivity (Wildman–Crippen MR) is 71.1 cm³/mol. The second-order valence-corrected chi connectivity index (χ2v) is 5.38. The number of hydrogen-bond acceptors (Lipinski definition) is 4. The first-order chi connectivity index (χ1) is 9.29. The van der Waals surface area contributed by atoms with Crippen LogP contribution < -0.4 is 0 Å². The number of likely N-dealkylation sites (N-methyl/N-ethyl adjacent to an activating group) is 1. The van der Waals surface area contributed by atoms with Gasteiger partial charge in [-0.15, -0.1) is 0 Å². The van der Waals surface area contributed by atoms with Crippen molar-refractivity contribution in [3.05, 3.63) is 0 Å². The lowest BCUT2D eigenvalue weighted by atomic mass is 10.0. The van der Waals surface area contributed by atoms with Crippen LogP contribution in [0.1, 0.15) is 20.3 Å². The molecule has 0 aromatic rings. The normalized spacial score (nSPS) is 19.9. The molecule has 0 radical (unpaired) electrons. The van der Waals surface area contributed by atoms with Crippen LogP contribution in [0, 0.1) is 11.8 Å². The lowest BCUT2D eigenvalue weighted by Gasteiger charge is -2.29. The molecule has 0 saturated carbocycles. The van der Waals surface area contributed by atoms with Crippen LogP contribution in [0.4, 0.5) is 4.79 Å². The standard InChI is InChI=1S/C13H22N2O5/c1-8(2)10(12(17)18)14(3)11(16)9-5-6-15(7-9)13(19)20-4/h8-10H,5-7H2,1-4H3,(H,17,18)/t9-,10?/m0/s1. The Labute approximate surface area is 118 Å². The van der Waals surface area contributed by atoms with Crippen molar-refractivity contribution in [1.82, 2.24) is 9.80 Å². The Morgan fingerprint density at radius 3 is 2.40 bits per heavy atom. The number of carboxylic acids is 1. The van der Waals surface area contributed by atoms with E-state index in [2.05, 4.69) is 4.74 Å². The number of rotatable bonds is 4. The number of likely N-dealkylation sites (tertiary alicyclic amines) is 1. The van der Waals surface area contributed by atoms with Gasteiger partial charge < -0.3 is 19.6 Å². The molecule has 1 unspecified atom stereocenters. The van der Waals surface area contributed by atoms with E-state index < -0.39 is 18.1 Å². The van der Waals surface area contributed by atoms with Crippen molar-refractivity contribution in [1.29, 1.82) is 0 Å². The monoisotopic (exact) mass is 286 g/mol. The van der Waals surface area contributed by atoms with Gasteiger partial charge in [0.05, 0.1) is 13.0 Å². The van der Waals surface area contributed by atoms with E-state index >= 15 is 0 Å². The molecule has 0 aromatic heterocycles. The highest BCUT2D eigenvalue weighted by Crippen LogP contribution is 2.21. The summed E-state index contributed by atoms with van der Waals surface area (Å²) >= 11 is 0. The van der Waals surface area contributed by atoms with Crippen LogP contribution in [0.2, 0.25) is 0 Å². The number of carbonyl (C=O) groups is 3. The highest BCUT2D eigenvalue weighted by atomic mass is 16.5. The fourth-order valence-corrected chi connectivity index (χ4v) is 2.58. The van der Waals surface area contributed by atoms with Gasteiger partial charge in [0.1, 0.15) is 6.04 Å². The molecular formula is C13H22N2O5. The minimum absolute atomic E-state index is 0.181. The van der Waals surface area contributed by atoms with Gasteiger partial charge in [-0.3, -0.25) is 4.79 Å². The maximum Gasteiger partial charge on any atom is 0.409 e. The Bertz CT molecular complexity index is 396. The number of aliphatic carboxylic acids is 1. The van der Waals surface area contributed by atoms with Gasteiger partial charge in [-0.05, 0) is 12.3 Å². The molecule has 1 heterocycles. The Hall–Kier alpha value is -1.79. The van der Waals surface area contributed by atoms with Crippen molar-refractivity contribution < 1.29 is 24.2 Å². The van der Waals surface area contributed by atoms with E-state index in [1.165, 1.54) is 24.0 Å². The summed E-state index contributed by atoms with van der Waals surface area (Å²) in [6, 6.07) is -0.852. The fraction of sp³-hybridized carbons (Fsp3) is 0.769. The molecule has 1 saturated heterocycles. The van der Waals surface area contributed by atoms with Crippen LogP contribution >= 0.6 is 0 Å². The molecule has 2 amide bonds. The lowest BCUT2D eigenvalue weighted by molar-refractivity contribution is -0.152. The molecule has 7 heteroatoms. The molecule has 1 fully saturated rings. The summed E-state index contributed by atoms with van der Waals surface area (Å²) in [5, 5.41) is 9.21. The number of ether oxygens (including phenoxy) is 1. The molecule has 0 bridgehead atoms. The highest BCUT2D eigenvalue weighted by molar-refractivity contribution is 5.86. The van der Waals surface area contributed by atoms with Gasteiger partial charge in [0, 0.05) is 20.1 Å². The molecule has 7 nitrogen and oxygen atoms in total. The maximum atomic E-state index is 12.3. The van der Waals surface area contributed by atoms with Gasteiger partial charge in [-0.2, -0.15) is 0 Å². The Morgan fingerprint density at radius 2 is 1.95 bits per heavy atom. The number of carbonyl (C=O) groups excluding carboxylic acids is 2. The minimum atomic E-state index is -1.02. The summed E-state index contributed by atoms with van der Waals surface area (Å²) in [4.78, 5) is 37.7. The minimum Gasteiger partial charge on any atom is -0.480 e. The van der Waals surface area contributed by atoms with Crippen molar-refractivity contribution in [2.24, 2.45) is 11.8 Å². The number of carboxylic acid groups (broad SMARTS) is 1. The molecule has 1 N–H and O–H groups in total. The molecule has 2 atom stereocenters. The second kappa shape index (κ2) is 6.58. The van der Waals surface area contributed by atoms with Gasteiger partial charge in [0.15, 0.2) is 0 Å². The smallest absolute Gasteiger partial charge is 0.409 e. The average molecular weight is 286 g/mol. The number of nitrogens with zero attached hydrogens (tertiary/aromatic N) is 2. The SMILES string of the molecule is COC(=O)N1CC[C@H](C(=O)N(C)C(C(=O)O)C(C)C)C1. The van der Waals surface area contributed by atoms with Gasteiger partial charge >= 0.3 is 12.1 Å². The zero-order chi connectivity index (χ0) is 15.4. The zero-order valence-electron chi connectivity index (χ0n) is 12.3. The van der Waals surface area contributed by atoms with Crippen molar-refractivity contribution in [2.45, 2.75) is 26.3 Å². The molecule has 20 heavy (non-hydrogen) atoms. The summed E-state index contributed by atoms with van der Waals surface area (Å²) in [6.07, 6.45) is 0.0736. The van der Waals surface area contributed by atoms with Gasteiger partial charge in [-0.25, -0.2) is 9.59 Å². The number of amides is 2. The van der Waals surface area contributed by atoms with Crippen molar-refractivity contribution in [3.63, 3.8) is 0 Å². The zero-order valence-corrected chi connectivity index (χ0v) is 12.3. The van der Waals surface area contributed by atoms with E-state index in [9.17, 15) is 19.5 Å². The van der Waals surface area contributed by atoms with Crippen LogP contribution in [0.15, 0.2) is 0 Å². The van der Waals surface area contributed by atoms with Crippen LogP contribution in [-0.4, -0.2) is 66.2 Å². The third-order valence-electron chi connectivity index (χ3n) is 3.62. The predicted octanol–water partition coefficient (Wildman–Crippen LogP) is 0.642. The molecule has 1 aliphatic rings. The van der Waals surface area contributed by atoms with Crippen LogP contribution in [0.3, 0.4) is 0 Å².